The Morgan fingerprint density at radius 1 is 1.03 bits per heavy atom. The maximum Gasteiger partial charge on any atom is 0.240 e. The number of halogens is 2. The quantitative estimate of drug-likeness (QED) is 0.553. The molecule has 0 unspecified atom stereocenters. The van der Waals surface area contributed by atoms with E-state index in [0.717, 1.165) is 35.2 Å². The van der Waals surface area contributed by atoms with Crippen LogP contribution in [-0.4, -0.2) is 40.3 Å². The lowest BCUT2D eigenvalue weighted by Crippen LogP contribution is -2.41. The van der Waals surface area contributed by atoms with E-state index in [9.17, 15) is 22.0 Å². The Kier molecular flexibility index (Phi) is 6.51. The highest BCUT2D eigenvalue weighted by Gasteiger charge is 2.22. The average molecular weight is 434 g/mol. The second-order valence-electron chi connectivity index (χ2n) is 6.54. The Morgan fingerprint density at radius 2 is 1.77 bits per heavy atom. The number of carbonyl (C=O) groups excluding carboxylic acids is 1. The van der Waals surface area contributed by atoms with Gasteiger partial charge in [-0.05, 0) is 23.6 Å². The van der Waals surface area contributed by atoms with Gasteiger partial charge < -0.3 is 10.1 Å². The Labute approximate surface area is 173 Å². The van der Waals surface area contributed by atoms with Crippen LogP contribution in [0.5, 0.6) is 5.75 Å². The van der Waals surface area contributed by atoms with Gasteiger partial charge >= 0.3 is 0 Å². The molecule has 3 rings (SSSR count). The fourth-order valence-corrected chi connectivity index (χ4v) is 3.75. The summed E-state index contributed by atoms with van der Waals surface area (Å²) in [7, 11) is -3.89. The first-order valence-corrected chi connectivity index (χ1v) is 10.9. The molecule has 9 heteroatoms. The first-order chi connectivity index (χ1) is 14.3. The highest BCUT2D eigenvalue weighted by Crippen LogP contribution is 2.25. The summed E-state index contributed by atoms with van der Waals surface area (Å²) in [6.45, 7) is -0.264. The number of benzene rings is 3. The van der Waals surface area contributed by atoms with Crippen molar-refractivity contribution in [1.29, 1.82) is 0 Å². The molecule has 0 spiro atoms. The Morgan fingerprint density at radius 3 is 2.50 bits per heavy atom. The molecule has 1 N–H and O–H groups in total. The molecule has 158 valence electrons. The zero-order valence-electron chi connectivity index (χ0n) is 16.1. The van der Waals surface area contributed by atoms with Crippen molar-refractivity contribution in [3.63, 3.8) is 0 Å². The van der Waals surface area contributed by atoms with Crippen molar-refractivity contribution in [2.45, 2.75) is 0 Å². The molecule has 0 atom stereocenters. The molecule has 0 aliphatic rings. The molecule has 6 nitrogen and oxygen atoms in total. The van der Waals surface area contributed by atoms with Crippen LogP contribution in [0.4, 0.5) is 14.5 Å². The number of nitrogens with zero attached hydrogens (tertiary/aromatic N) is 1. The maximum absolute atomic E-state index is 13.5. The number of hydrogen-bond acceptors (Lipinski definition) is 4. The summed E-state index contributed by atoms with van der Waals surface area (Å²) in [5, 5.41) is 4.52. The van der Waals surface area contributed by atoms with Crippen molar-refractivity contribution in [2.24, 2.45) is 0 Å². The van der Waals surface area contributed by atoms with Crippen molar-refractivity contribution in [3.8, 4) is 5.75 Å². The van der Waals surface area contributed by atoms with Gasteiger partial charge in [0, 0.05) is 11.5 Å². The van der Waals surface area contributed by atoms with Crippen LogP contribution in [0.15, 0.2) is 60.7 Å². The standard InChI is InChI=1S/C21H20F2N2O4S/c1-30(27,28)25(16-9-10-18(22)19(23)13-16)14-21(26)24-11-12-29-20-8-4-6-15-5-2-3-7-17(15)20/h2-10,13H,11-12,14H2,1H3,(H,24,26). The normalized spacial score (nSPS) is 11.3. The first-order valence-electron chi connectivity index (χ1n) is 9.06. The van der Waals surface area contributed by atoms with E-state index in [1.54, 1.807) is 0 Å². The van der Waals surface area contributed by atoms with Gasteiger partial charge in [0.15, 0.2) is 11.6 Å². The van der Waals surface area contributed by atoms with Crippen molar-refractivity contribution in [3.05, 3.63) is 72.3 Å². The third-order valence-electron chi connectivity index (χ3n) is 4.31. The predicted molar refractivity (Wildman–Crippen MR) is 111 cm³/mol. The fourth-order valence-electron chi connectivity index (χ4n) is 2.90. The van der Waals surface area contributed by atoms with Crippen molar-refractivity contribution in [1.82, 2.24) is 5.32 Å². The van der Waals surface area contributed by atoms with Gasteiger partial charge in [-0.1, -0.05) is 36.4 Å². The monoisotopic (exact) mass is 434 g/mol. The van der Waals surface area contributed by atoms with E-state index in [2.05, 4.69) is 5.32 Å². The Bertz CT molecular complexity index is 1160. The number of rotatable bonds is 8. The minimum atomic E-state index is -3.89. The number of anilines is 1. The Hall–Kier alpha value is -3.20. The zero-order valence-corrected chi connectivity index (χ0v) is 17.0. The molecule has 0 fully saturated rings. The summed E-state index contributed by atoms with van der Waals surface area (Å²) >= 11 is 0. The van der Waals surface area contributed by atoms with Crippen LogP contribution in [0.25, 0.3) is 10.8 Å². The number of nitrogens with one attached hydrogen (secondary N) is 1. The number of sulfonamides is 1. The summed E-state index contributed by atoms with van der Waals surface area (Å²) in [6.07, 6.45) is 0.880. The first kappa shape index (κ1) is 21.5. The van der Waals surface area contributed by atoms with E-state index < -0.39 is 34.1 Å². The van der Waals surface area contributed by atoms with Crippen LogP contribution in [0, 0.1) is 11.6 Å². The maximum atomic E-state index is 13.5. The van der Waals surface area contributed by atoms with Crippen LogP contribution in [-0.2, 0) is 14.8 Å². The second kappa shape index (κ2) is 9.08. The summed E-state index contributed by atoms with van der Waals surface area (Å²) in [6, 6.07) is 16.0. The molecule has 1 amide bonds. The van der Waals surface area contributed by atoms with E-state index in [1.807, 2.05) is 42.5 Å². The van der Waals surface area contributed by atoms with E-state index >= 15 is 0 Å². The lowest BCUT2D eigenvalue weighted by molar-refractivity contribution is -0.119. The van der Waals surface area contributed by atoms with Crippen LogP contribution < -0.4 is 14.4 Å². The molecule has 0 aromatic heterocycles. The third kappa shape index (κ3) is 5.24. The van der Waals surface area contributed by atoms with E-state index in [4.69, 9.17) is 4.74 Å². The van der Waals surface area contributed by atoms with Crippen LogP contribution in [0.2, 0.25) is 0 Å². The summed E-state index contributed by atoms with van der Waals surface area (Å²) in [5.41, 5.74) is -0.140. The molecule has 3 aromatic carbocycles. The molecule has 0 aliphatic carbocycles. The highest BCUT2D eigenvalue weighted by molar-refractivity contribution is 7.92. The molecule has 0 radical (unpaired) electrons. The van der Waals surface area contributed by atoms with Gasteiger partial charge in [0.05, 0.1) is 18.5 Å². The van der Waals surface area contributed by atoms with Gasteiger partial charge in [0.2, 0.25) is 15.9 Å². The third-order valence-corrected chi connectivity index (χ3v) is 5.45. The molecule has 0 saturated heterocycles. The fraction of sp³-hybridized carbons (Fsp3) is 0.190. The topological polar surface area (TPSA) is 75.7 Å². The molecule has 0 saturated carbocycles. The number of hydrogen-bond donors (Lipinski definition) is 1. The van der Waals surface area contributed by atoms with Crippen molar-refractivity contribution >= 4 is 32.4 Å². The molecular formula is C21H20F2N2O4S. The van der Waals surface area contributed by atoms with Gasteiger partial charge in [0.25, 0.3) is 0 Å². The average Bonchev–Trinajstić information content (AvgIpc) is 2.71. The largest absolute Gasteiger partial charge is 0.491 e. The van der Waals surface area contributed by atoms with Gasteiger partial charge in [-0.3, -0.25) is 9.10 Å². The number of carbonyl (C=O) groups is 1. The molecule has 0 bridgehead atoms. The lowest BCUT2D eigenvalue weighted by Gasteiger charge is -2.22. The van der Waals surface area contributed by atoms with Gasteiger partial charge in [-0.2, -0.15) is 0 Å². The van der Waals surface area contributed by atoms with Crippen molar-refractivity contribution in [2.75, 3.05) is 30.3 Å². The highest BCUT2D eigenvalue weighted by atomic mass is 32.2. The molecule has 0 heterocycles. The summed E-state index contributed by atoms with van der Waals surface area (Å²) in [4.78, 5) is 12.2. The lowest BCUT2D eigenvalue weighted by atomic mass is 10.1. The Balaban J connectivity index is 1.59. The second-order valence-corrected chi connectivity index (χ2v) is 8.45. The van der Waals surface area contributed by atoms with Gasteiger partial charge in [0.1, 0.15) is 18.9 Å². The van der Waals surface area contributed by atoms with Gasteiger partial charge in [-0.25, -0.2) is 17.2 Å². The minimum absolute atomic E-state index is 0.136. The van der Waals surface area contributed by atoms with Crippen LogP contribution >= 0.6 is 0 Å². The number of ether oxygens (including phenoxy) is 1. The van der Waals surface area contributed by atoms with Crippen LogP contribution in [0.1, 0.15) is 0 Å². The number of fused-ring (bicyclic) bond motifs is 1. The number of amides is 1. The molecular weight excluding hydrogens is 414 g/mol. The molecule has 3 aromatic rings. The molecule has 0 aliphatic heterocycles. The van der Waals surface area contributed by atoms with Crippen LogP contribution in [0.3, 0.4) is 0 Å². The SMILES string of the molecule is CS(=O)(=O)N(CC(=O)NCCOc1cccc2ccccc12)c1ccc(F)c(F)c1. The van der Waals surface area contributed by atoms with E-state index in [0.29, 0.717) is 10.1 Å². The summed E-state index contributed by atoms with van der Waals surface area (Å²) in [5.74, 6) is -2.25. The zero-order chi connectivity index (χ0) is 21.7. The van der Waals surface area contributed by atoms with Gasteiger partial charge in [-0.15, -0.1) is 0 Å². The van der Waals surface area contributed by atoms with E-state index in [-0.39, 0.29) is 18.8 Å². The minimum Gasteiger partial charge on any atom is -0.491 e. The molecule has 30 heavy (non-hydrogen) atoms. The predicted octanol–water partition coefficient (Wildman–Crippen LogP) is 3.08. The smallest absolute Gasteiger partial charge is 0.240 e. The summed E-state index contributed by atoms with van der Waals surface area (Å²) < 4.78 is 57.0. The van der Waals surface area contributed by atoms with Crippen molar-refractivity contribution < 1.29 is 26.7 Å². The van der Waals surface area contributed by atoms with E-state index in [1.165, 1.54) is 0 Å².